The number of rotatable bonds is 2. The Hall–Kier alpha value is -1.38. The minimum absolute atomic E-state index is 2.15. The second-order valence-electron chi connectivity index (χ2n) is 3.91. The lowest BCUT2D eigenvalue weighted by atomic mass is 9.63. The van der Waals surface area contributed by atoms with E-state index in [1.807, 2.05) is 0 Å². The van der Waals surface area contributed by atoms with Crippen LogP contribution in [0.1, 0.15) is 0 Å². The van der Waals surface area contributed by atoms with Crippen LogP contribution in [0.15, 0.2) is 0 Å². The van der Waals surface area contributed by atoms with E-state index in [4.69, 9.17) is 0 Å². The highest BCUT2D eigenvalue weighted by atomic mass is 19.3. The summed E-state index contributed by atoms with van der Waals surface area (Å²) in [5.41, 5.74) is 0. The van der Waals surface area contributed by atoms with Crippen molar-refractivity contribution < 1.29 is 42.1 Å². The summed E-state index contributed by atoms with van der Waals surface area (Å²) in [5, 5.41) is 20.9. The van der Waals surface area contributed by atoms with E-state index in [0.717, 1.165) is 0 Å². The van der Waals surface area contributed by atoms with Gasteiger partial charge < -0.3 is 24.5 Å². The van der Waals surface area contributed by atoms with Crippen LogP contribution < -0.4 is 10.2 Å². The minimum Gasteiger partial charge on any atom is -0.547 e. The lowest BCUT2D eigenvalue weighted by Gasteiger charge is -2.49. The van der Waals surface area contributed by atoms with Crippen LogP contribution in [0.4, 0.5) is 17.6 Å². The second kappa shape index (κ2) is 3.09. The highest BCUT2D eigenvalue weighted by Gasteiger charge is 2.84. The van der Waals surface area contributed by atoms with Gasteiger partial charge in [0.05, 0.1) is 23.8 Å². The fraction of sp³-hybridized carbons (Fsp3) is 0.750. The quantitative estimate of drug-likeness (QED) is 0.521. The Morgan fingerprint density at radius 1 is 0.882 bits per heavy atom. The van der Waals surface area contributed by atoms with Gasteiger partial charge in [0.2, 0.25) is 0 Å². The molecular formula is C8H4F4O5-2. The Labute approximate surface area is 91.0 Å². The number of carbonyl (C=O) groups excluding carboxylic acids is 2. The summed E-state index contributed by atoms with van der Waals surface area (Å²) in [6.07, 6.45) is -4.75. The number of hydrogen-bond acceptors (Lipinski definition) is 5. The van der Waals surface area contributed by atoms with E-state index < -0.39 is 47.8 Å². The highest BCUT2D eigenvalue weighted by molar-refractivity contribution is 5.77. The number of hydrogen-bond donors (Lipinski definition) is 0. The zero-order valence-electron chi connectivity index (χ0n) is 7.86. The van der Waals surface area contributed by atoms with Gasteiger partial charge in [0.25, 0.3) is 0 Å². The third-order valence-corrected chi connectivity index (χ3v) is 3.08. The number of carbonyl (C=O) groups is 2. The first-order valence-corrected chi connectivity index (χ1v) is 4.45. The van der Waals surface area contributed by atoms with Gasteiger partial charge in [0.1, 0.15) is 12.2 Å². The molecule has 0 amide bonds. The lowest BCUT2D eigenvalue weighted by Crippen LogP contribution is -2.70. The van der Waals surface area contributed by atoms with Crippen LogP contribution in [-0.2, 0) is 14.3 Å². The van der Waals surface area contributed by atoms with Crippen LogP contribution in [0.25, 0.3) is 0 Å². The predicted molar refractivity (Wildman–Crippen MR) is 35.5 cm³/mol. The third kappa shape index (κ3) is 1.22. The molecule has 96 valence electrons. The zero-order valence-corrected chi connectivity index (χ0v) is 7.86. The summed E-state index contributed by atoms with van der Waals surface area (Å²) < 4.78 is 56.1. The summed E-state index contributed by atoms with van der Waals surface area (Å²) in [7, 11) is 0. The minimum atomic E-state index is -4.63. The number of alkyl halides is 4. The molecule has 0 unspecified atom stereocenters. The fourth-order valence-corrected chi connectivity index (χ4v) is 2.29. The van der Waals surface area contributed by atoms with Gasteiger partial charge in [-0.3, -0.25) is 0 Å². The van der Waals surface area contributed by atoms with Crippen LogP contribution in [0.2, 0.25) is 0 Å². The molecule has 1 saturated carbocycles. The molecule has 0 aromatic rings. The standard InChI is InChI=1S/C8H6F4O5/c9-7(10)1-2(8(7,11)12)4(6(15)16)17-3(1)5(13)14/h1-4H,(H,13,14)(H,15,16)/p-2/t1-,2-,3-,4+/m1/s1. The van der Waals surface area contributed by atoms with Gasteiger partial charge in [-0.15, -0.1) is 0 Å². The number of ether oxygens (including phenoxy) is 1. The van der Waals surface area contributed by atoms with E-state index in [0.29, 0.717) is 0 Å². The van der Waals surface area contributed by atoms with Crippen LogP contribution in [0.5, 0.6) is 0 Å². The van der Waals surface area contributed by atoms with Crippen molar-refractivity contribution in [1.29, 1.82) is 0 Å². The van der Waals surface area contributed by atoms with Crippen molar-refractivity contribution in [3.8, 4) is 0 Å². The van der Waals surface area contributed by atoms with E-state index in [1.165, 1.54) is 0 Å². The Balaban J connectivity index is 2.39. The van der Waals surface area contributed by atoms with Gasteiger partial charge >= 0.3 is 11.8 Å². The third-order valence-electron chi connectivity index (χ3n) is 3.08. The first-order valence-electron chi connectivity index (χ1n) is 4.45. The van der Waals surface area contributed by atoms with Crippen molar-refractivity contribution in [3.63, 3.8) is 0 Å². The lowest BCUT2D eigenvalue weighted by molar-refractivity contribution is -0.362. The molecule has 9 heteroatoms. The van der Waals surface area contributed by atoms with Crippen LogP contribution in [0.3, 0.4) is 0 Å². The van der Waals surface area contributed by atoms with Gasteiger partial charge in [0.15, 0.2) is 0 Å². The molecular weight excluding hydrogens is 252 g/mol. The number of aliphatic carboxylic acids is 2. The average Bonchev–Trinajstić information content (AvgIpc) is 2.56. The molecule has 0 radical (unpaired) electrons. The highest BCUT2D eigenvalue weighted by Crippen LogP contribution is 2.65. The van der Waals surface area contributed by atoms with Gasteiger partial charge in [-0.25, -0.2) is 0 Å². The fourth-order valence-electron chi connectivity index (χ4n) is 2.29. The van der Waals surface area contributed by atoms with E-state index in [2.05, 4.69) is 4.74 Å². The largest absolute Gasteiger partial charge is 0.547 e. The molecule has 0 N–H and O–H groups in total. The van der Waals surface area contributed by atoms with E-state index in [1.54, 1.807) is 0 Å². The molecule has 2 rings (SSSR count). The summed E-state index contributed by atoms with van der Waals surface area (Å²) >= 11 is 0. The summed E-state index contributed by atoms with van der Waals surface area (Å²) in [5.74, 6) is -18.4. The SMILES string of the molecule is O=C([O-])[C@H]1O[C@@H](C(=O)[O-])[C@H]2[C@H]1C(F)(F)C2(F)F. The predicted octanol–water partition coefficient (Wildman–Crippen LogP) is -2.23. The zero-order chi connectivity index (χ0) is 13.2. The first kappa shape index (κ1) is 12.1. The Bertz CT molecular complexity index is 359. The van der Waals surface area contributed by atoms with Crippen molar-refractivity contribution in [2.24, 2.45) is 11.8 Å². The van der Waals surface area contributed by atoms with E-state index in [9.17, 15) is 37.4 Å². The van der Waals surface area contributed by atoms with Crippen molar-refractivity contribution in [3.05, 3.63) is 0 Å². The van der Waals surface area contributed by atoms with Crippen LogP contribution >= 0.6 is 0 Å². The summed E-state index contributed by atoms with van der Waals surface area (Å²) in [4.78, 5) is 20.9. The van der Waals surface area contributed by atoms with Gasteiger partial charge in [0, 0.05) is 0 Å². The molecule has 1 heterocycles. The van der Waals surface area contributed by atoms with E-state index >= 15 is 0 Å². The molecule has 5 nitrogen and oxygen atoms in total. The van der Waals surface area contributed by atoms with Crippen molar-refractivity contribution in [2.75, 3.05) is 0 Å². The molecule has 17 heavy (non-hydrogen) atoms. The number of fused-ring (bicyclic) bond motifs is 1. The maximum Gasteiger partial charge on any atom is 0.316 e. The Morgan fingerprint density at radius 3 is 1.41 bits per heavy atom. The molecule has 0 aromatic heterocycles. The molecule has 2 aliphatic rings. The summed E-state index contributed by atoms with van der Waals surface area (Å²) in [6.45, 7) is 0. The smallest absolute Gasteiger partial charge is 0.316 e. The molecule has 4 atom stereocenters. The monoisotopic (exact) mass is 256 g/mol. The van der Waals surface area contributed by atoms with Gasteiger partial charge in [-0.1, -0.05) is 0 Å². The van der Waals surface area contributed by atoms with Crippen LogP contribution in [0, 0.1) is 11.8 Å². The van der Waals surface area contributed by atoms with Gasteiger partial charge in [-0.05, 0) is 0 Å². The summed E-state index contributed by atoms with van der Waals surface area (Å²) in [6, 6.07) is 0. The molecule has 1 aliphatic carbocycles. The first-order chi connectivity index (χ1) is 7.62. The Morgan fingerprint density at radius 2 is 1.18 bits per heavy atom. The molecule has 2 fully saturated rings. The Kier molecular flexibility index (Phi) is 2.20. The number of halogens is 4. The van der Waals surface area contributed by atoms with Crippen LogP contribution in [-0.4, -0.2) is 36.0 Å². The van der Waals surface area contributed by atoms with Crippen molar-refractivity contribution in [1.82, 2.24) is 0 Å². The topological polar surface area (TPSA) is 89.5 Å². The maximum atomic E-state index is 13.0. The van der Waals surface area contributed by atoms with Crippen molar-refractivity contribution >= 4 is 11.9 Å². The normalized spacial score (nSPS) is 41.4. The van der Waals surface area contributed by atoms with E-state index in [-0.39, 0.29) is 0 Å². The molecule has 0 spiro atoms. The molecule has 1 aliphatic heterocycles. The van der Waals surface area contributed by atoms with Gasteiger partial charge in [-0.2, -0.15) is 17.6 Å². The maximum absolute atomic E-state index is 13.0. The second-order valence-corrected chi connectivity index (χ2v) is 3.91. The average molecular weight is 256 g/mol. The molecule has 0 bridgehead atoms. The number of carboxylic acid groups (broad SMARTS) is 2. The van der Waals surface area contributed by atoms with Crippen molar-refractivity contribution in [2.45, 2.75) is 24.1 Å². The molecule has 1 saturated heterocycles. The number of carboxylic acids is 2. The molecule has 0 aromatic carbocycles.